The second-order valence-corrected chi connectivity index (χ2v) is 5.20. The van der Waals surface area contributed by atoms with Gasteiger partial charge in [-0.05, 0) is 31.2 Å². The van der Waals surface area contributed by atoms with Crippen LogP contribution in [0.4, 0.5) is 5.69 Å². The van der Waals surface area contributed by atoms with Crippen LogP contribution in [0.1, 0.15) is 24.5 Å². The van der Waals surface area contributed by atoms with Crippen molar-refractivity contribution < 1.29 is 4.79 Å². The Morgan fingerprint density at radius 2 is 2.10 bits per heavy atom. The molecular weight excluding hydrogens is 264 g/mol. The van der Waals surface area contributed by atoms with Gasteiger partial charge in [0.1, 0.15) is 6.07 Å². The SMILES string of the molecule is CCCN(CC(=O)N(C)C)c1ccc(CNC)cc1C#N. The third kappa shape index (κ3) is 4.76. The number of hydrogen-bond donors (Lipinski definition) is 1. The molecule has 1 aromatic rings. The zero-order valence-corrected chi connectivity index (χ0v) is 13.3. The van der Waals surface area contributed by atoms with Gasteiger partial charge in [-0.15, -0.1) is 0 Å². The quantitative estimate of drug-likeness (QED) is 0.827. The standard InChI is InChI=1S/C16H24N4O/c1-5-8-20(12-16(21)19(3)4)15-7-6-13(11-18-2)9-14(15)10-17/h6-7,9,18H,5,8,11-12H2,1-4H3. The summed E-state index contributed by atoms with van der Waals surface area (Å²) >= 11 is 0. The van der Waals surface area contributed by atoms with Crippen molar-refractivity contribution in [3.05, 3.63) is 29.3 Å². The zero-order valence-electron chi connectivity index (χ0n) is 13.3. The number of benzene rings is 1. The number of hydrogen-bond acceptors (Lipinski definition) is 4. The highest BCUT2D eigenvalue weighted by molar-refractivity contribution is 5.81. The molecule has 1 N–H and O–H groups in total. The number of rotatable bonds is 7. The third-order valence-corrected chi connectivity index (χ3v) is 3.22. The van der Waals surface area contributed by atoms with Crippen LogP contribution in [0.5, 0.6) is 0 Å². The molecule has 5 nitrogen and oxygen atoms in total. The van der Waals surface area contributed by atoms with E-state index in [9.17, 15) is 10.1 Å². The van der Waals surface area contributed by atoms with Crippen molar-refractivity contribution in [3.63, 3.8) is 0 Å². The number of amides is 1. The van der Waals surface area contributed by atoms with Crippen molar-refractivity contribution in [1.29, 1.82) is 5.26 Å². The van der Waals surface area contributed by atoms with Gasteiger partial charge in [-0.2, -0.15) is 5.26 Å². The molecule has 0 aliphatic rings. The number of likely N-dealkylation sites (N-methyl/N-ethyl adjacent to an activating group) is 1. The molecule has 1 rings (SSSR count). The lowest BCUT2D eigenvalue weighted by atomic mass is 10.1. The number of nitriles is 1. The summed E-state index contributed by atoms with van der Waals surface area (Å²) in [5.74, 6) is 0.0339. The lowest BCUT2D eigenvalue weighted by Crippen LogP contribution is -2.37. The molecule has 1 aromatic carbocycles. The molecule has 0 fully saturated rings. The second kappa shape index (κ2) is 8.28. The van der Waals surface area contributed by atoms with Crippen LogP contribution in [0.2, 0.25) is 0 Å². The summed E-state index contributed by atoms with van der Waals surface area (Å²) in [5.41, 5.74) is 2.50. The van der Waals surface area contributed by atoms with Crippen molar-refractivity contribution >= 4 is 11.6 Å². The van der Waals surface area contributed by atoms with Crippen LogP contribution in [-0.2, 0) is 11.3 Å². The Labute approximate surface area is 127 Å². The predicted octanol–water partition coefficient (Wildman–Crippen LogP) is 1.58. The Kier molecular flexibility index (Phi) is 6.70. The third-order valence-electron chi connectivity index (χ3n) is 3.22. The Morgan fingerprint density at radius 3 is 2.62 bits per heavy atom. The molecular formula is C16H24N4O. The van der Waals surface area contributed by atoms with Crippen LogP contribution in [0.3, 0.4) is 0 Å². The number of nitrogens with zero attached hydrogens (tertiary/aromatic N) is 3. The number of nitrogens with one attached hydrogen (secondary N) is 1. The average molecular weight is 288 g/mol. The second-order valence-electron chi connectivity index (χ2n) is 5.20. The van der Waals surface area contributed by atoms with E-state index in [1.807, 2.05) is 30.1 Å². The van der Waals surface area contributed by atoms with Gasteiger partial charge in [0.2, 0.25) is 5.91 Å². The summed E-state index contributed by atoms with van der Waals surface area (Å²) in [7, 11) is 5.36. The fraction of sp³-hybridized carbons (Fsp3) is 0.500. The summed E-state index contributed by atoms with van der Waals surface area (Å²) < 4.78 is 0. The topological polar surface area (TPSA) is 59.4 Å². The van der Waals surface area contributed by atoms with Gasteiger partial charge in [-0.1, -0.05) is 13.0 Å². The Morgan fingerprint density at radius 1 is 1.38 bits per heavy atom. The van der Waals surface area contributed by atoms with Crippen LogP contribution in [0, 0.1) is 11.3 Å². The number of anilines is 1. The van der Waals surface area contributed by atoms with Gasteiger partial charge in [-0.25, -0.2) is 0 Å². The predicted molar refractivity (Wildman–Crippen MR) is 85.1 cm³/mol. The van der Waals surface area contributed by atoms with Crippen molar-refractivity contribution in [3.8, 4) is 6.07 Å². The minimum Gasteiger partial charge on any atom is -0.361 e. The molecule has 0 unspecified atom stereocenters. The molecule has 5 heteroatoms. The minimum atomic E-state index is 0.0339. The molecule has 0 aromatic heterocycles. The maximum atomic E-state index is 12.0. The first-order valence-corrected chi connectivity index (χ1v) is 7.16. The van der Waals surface area contributed by atoms with E-state index in [2.05, 4.69) is 18.3 Å². The molecule has 21 heavy (non-hydrogen) atoms. The lowest BCUT2D eigenvalue weighted by molar-refractivity contribution is -0.127. The van der Waals surface area contributed by atoms with Crippen LogP contribution in [0.25, 0.3) is 0 Å². The Hall–Kier alpha value is -2.06. The van der Waals surface area contributed by atoms with Crippen LogP contribution < -0.4 is 10.2 Å². The molecule has 0 radical (unpaired) electrons. The van der Waals surface area contributed by atoms with Crippen molar-refractivity contribution in [2.24, 2.45) is 0 Å². The van der Waals surface area contributed by atoms with E-state index in [0.29, 0.717) is 12.1 Å². The molecule has 0 aliphatic heterocycles. The first-order valence-electron chi connectivity index (χ1n) is 7.16. The maximum absolute atomic E-state index is 12.0. The van der Waals surface area contributed by atoms with Gasteiger partial charge >= 0.3 is 0 Å². The fourth-order valence-corrected chi connectivity index (χ4v) is 2.12. The van der Waals surface area contributed by atoms with Gasteiger partial charge in [-0.3, -0.25) is 4.79 Å². The molecule has 0 spiro atoms. The molecule has 0 heterocycles. The van der Waals surface area contributed by atoms with Gasteiger partial charge in [0.05, 0.1) is 17.8 Å². The highest BCUT2D eigenvalue weighted by atomic mass is 16.2. The highest BCUT2D eigenvalue weighted by Crippen LogP contribution is 2.22. The van der Waals surface area contributed by atoms with E-state index in [4.69, 9.17) is 0 Å². The molecule has 0 bridgehead atoms. The maximum Gasteiger partial charge on any atom is 0.241 e. The van der Waals surface area contributed by atoms with E-state index < -0.39 is 0 Å². The van der Waals surface area contributed by atoms with Gasteiger partial charge < -0.3 is 15.1 Å². The van der Waals surface area contributed by atoms with E-state index >= 15 is 0 Å². The summed E-state index contributed by atoms with van der Waals surface area (Å²) in [6.07, 6.45) is 0.920. The van der Waals surface area contributed by atoms with E-state index in [-0.39, 0.29) is 5.91 Å². The van der Waals surface area contributed by atoms with Crippen molar-refractivity contribution in [2.45, 2.75) is 19.9 Å². The van der Waals surface area contributed by atoms with Crippen LogP contribution in [-0.4, -0.2) is 45.0 Å². The first-order chi connectivity index (χ1) is 10.0. The zero-order chi connectivity index (χ0) is 15.8. The fourth-order valence-electron chi connectivity index (χ4n) is 2.12. The monoisotopic (exact) mass is 288 g/mol. The Bertz CT molecular complexity index is 519. The van der Waals surface area contributed by atoms with Crippen molar-refractivity contribution in [2.75, 3.05) is 39.1 Å². The lowest BCUT2D eigenvalue weighted by Gasteiger charge is -2.26. The normalized spacial score (nSPS) is 10.0. The van der Waals surface area contributed by atoms with E-state index in [1.54, 1.807) is 19.0 Å². The van der Waals surface area contributed by atoms with E-state index in [1.165, 1.54) is 0 Å². The number of carbonyl (C=O) groups excluding carboxylic acids is 1. The molecule has 1 amide bonds. The molecule has 114 valence electrons. The molecule has 0 saturated carbocycles. The summed E-state index contributed by atoms with van der Waals surface area (Å²) in [6, 6.07) is 8.05. The highest BCUT2D eigenvalue weighted by Gasteiger charge is 2.16. The van der Waals surface area contributed by atoms with E-state index in [0.717, 1.165) is 30.8 Å². The largest absolute Gasteiger partial charge is 0.361 e. The summed E-state index contributed by atoms with van der Waals surface area (Å²) in [4.78, 5) is 15.5. The Balaban J connectivity index is 3.07. The average Bonchev–Trinajstić information content (AvgIpc) is 2.46. The molecule has 0 saturated heterocycles. The van der Waals surface area contributed by atoms with Crippen LogP contribution >= 0.6 is 0 Å². The molecule has 0 aliphatic carbocycles. The number of carbonyl (C=O) groups is 1. The van der Waals surface area contributed by atoms with Crippen molar-refractivity contribution in [1.82, 2.24) is 10.2 Å². The van der Waals surface area contributed by atoms with Gasteiger partial charge in [0.15, 0.2) is 0 Å². The van der Waals surface area contributed by atoms with Gasteiger partial charge in [0, 0.05) is 27.2 Å². The smallest absolute Gasteiger partial charge is 0.241 e. The van der Waals surface area contributed by atoms with Crippen LogP contribution in [0.15, 0.2) is 18.2 Å². The summed E-state index contributed by atoms with van der Waals surface area (Å²) in [6.45, 7) is 3.83. The molecule has 0 atom stereocenters. The summed E-state index contributed by atoms with van der Waals surface area (Å²) in [5, 5.41) is 12.5. The first kappa shape index (κ1) is 17.0. The minimum absolute atomic E-state index is 0.0339. The van der Waals surface area contributed by atoms with Gasteiger partial charge in [0.25, 0.3) is 0 Å².